The van der Waals surface area contributed by atoms with Crippen LogP contribution < -0.4 is 4.89 Å². The van der Waals surface area contributed by atoms with Crippen LogP contribution in [0.1, 0.15) is 36.0 Å². The summed E-state index contributed by atoms with van der Waals surface area (Å²) < 4.78 is 13.0. The summed E-state index contributed by atoms with van der Waals surface area (Å²) in [5, 5.41) is 18.6. The molecule has 0 spiro atoms. The van der Waals surface area contributed by atoms with Gasteiger partial charge in [-0.05, 0) is 25.0 Å². The van der Waals surface area contributed by atoms with Crippen molar-refractivity contribution in [2.45, 2.75) is 32.0 Å². The van der Waals surface area contributed by atoms with E-state index in [0.29, 0.717) is 0 Å². The van der Waals surface area contributed by atoms with Crippen LogP contribution in [-0.4, -0.2) is 22.5 Å². The van der Waals surface area contributed by atoms with Gasteiger partial charge in [0.1, 0.15) is 11.4 Å². The third-order valence-corrected chi connectivity index (χ3v) is 3.21. The molecule has 1 aliphatic carbocycles. The van der Waals surface area contributed by atoms with Crippen LogP contribution in [0.3, 0.4) is 0 Å². The highest BCUT2D eigenvalue weighted by atomic mass is 19.1. The van der Waals surface area contributed by atoms with Gasteiger partial charge in [-0.3, -0.25) is 0 Å². The average molecular weight is 270 g/mol. The Morgan fingerprint density at radius 3 is 2.68 bits per heavy atom. The fraction of sp³-hybridized carbons (Fsp3) is 0.462. The van der Waals surface area contributed by atoms with Crippen molar-refractivity contribution in [1.29, 1.82) is 0 Å². The van der Waals surface area contributed by atoms with Gasteiger partial charge in [-0.15, -0.1) is 0 Å². The Kier molecular flexibility index (Phi) is 4.34. The molecule has 0 heterocycles. The minimum Gasteiger partial charge on any atom is -0.478 e. The topological polar surface area (TPSA) is 76.0 Å². The van der Waals surface area contributed by atoms with Crippen LogP contribution in [0.25, 0.3) is 0 Å². The molecule has 2 rings (SSSR count). The van der Waals surface area contributed by atoms with Crippen molar-refractivity contribution in [2.24, 2.45) is 5.92 Å². The zero-order valence-corrected chi connectivity index (χ0v) is 10.2. The Morgan fingerprint density at radius 1 is 1.37 bits per heavy atom. The van der Waals surface area contributed by atoms with E-state index in [9.17, 15) is 14.3 Å². The summed E-state index contributed by atoms with van der Waals surface area (Å²) in [6, 6.07) is 3.01. The van der Waals surface area contributed by atoms with Gasteiger partial charge in [0.2, 0.25) is 6.29 Å². The van der Waals surface area contributed by atoms with Gasteiger partial charge in [0.15, 0.2) is 5.75 Å². The van der Waals surface area contributed by atoms with E-state index in [1.807, 2.05) is 0 Å². The lowest BCUT2D eigenvalue weighted by Gasteiger charge is -2.17. The summed E-state index contributed by atoms with van der Waals surface area (Å²) >= 11 is 0. The summed E-state index contributed by atoms with van der Waals surface area (Å²) in [6.45, 7) is 0. The van der Waals surface area contributed by atoms with Crippen LogP contribution in [0.2, 0.25) is 0 Å². The molecule has 2 N–H and O–H groups in total. The van der Waals surface area contributed by atoms with E-state index in [4.69, 9.17) is 14.9 Å². The number of hydrogen-bond acceptors (Lipinski definition) is 4. The van der Waals surface area contributed by atoms with E-state index < -0.39 is 18.1 Å². The van der Waals surface area contributed by atoms with Gasteiger partial charge >= 0.3 is 5.97 Å². The van der Waals surface area contributed by atoms with Crippen LogP contribution in [-0.2, 0) is 4.89 Å². The molecule has 6 heteroatoms. The summed E-state index contributed by atoms with van der Waals surface area (Å²) in [6.07, 6.45) is 2.57. The van der Waals surface area contributed by atoms with Crippen LogP contribution in [0, 0.1) is 11.7 Å². The van der Waals surface area contributed by atoms with Crippen molar-refractivity contribution >= 4 is 5.97 Å². The minimum absolute atomic E-state index is 0.0261. The van der Waals surface area contributed by atoms with Crippen LogP contribution in [0.5, 0.6) is 5.75 Å². The minimum atomic E-state index is -1.26. The molecule has 104 valence electrons. The van der Waals surface area contributed by atoms with Crippen molar-refractivity contribution in [3.8, 4) is 5.75 Å². The predicted molar refractivity (Wildman–Crippen MR) is 63.0 cm³/mol. The van der Waals surface area contributed by atoms with Crippen molar-refractivity contribution in [2.75, 3.05) is 0 Å². The second-order valence-corrected chi connectivity index (χ2v) is 4.56. The number of rotatable bonds is 5. The number of carbonyl (C=O) groups is 1. The molecular formula is C13H15FO5. The number of hydrogen-bond donors (Lipinski definition) is 2. The third kappa shape index (κ3) is 3.42. The number of aliphatic hydroxyl groups is 1. The van der Waals surface area contributed by atoms with Crippen LogP contribution in [0.4, 0.5) is 4.39 Å². The van der Waals surface area contributed by atoms with Crippen molar-refractivity contribution in [3.63, 3.8) is 0 Å². The molecular weight excluding hydrogens is 255 g/mol. The molecule has 1 aromatic carbocycles. The Bertz CT molecular complexity index is 456. The Labute approximate surface area is 109 Å². The smallest absolute Gasteiger partial charge is 0.339 e. The molecule has 19 heavy (non-hydrogen) atoms. The van der Waals surface area contributed by atoms with Gasteiger partial charge < -0.3 is 15.1 Å². The normalized spacial score (nSPS) is 17.4. The zero-order chi connectivity index (χ0) is 13.8. The quantitative estimate of drug-likeness (QED) is 0.488. The Balaban J connectivity index is 2.01. The summed E-state index contributed by atoms with van der Waals surface area (Å²) in [4.78, 5) is 20.5. The molecule has 1 fully saturated rings. The molecule has 1 aliphatic rings. The van der Waals surface area contributed by atoms with Crippen LogP contribution in [0.15, 0.2) is 18.2 Å². The first-order valence-electron chi connectivity index (χ1n) is 6.12. The summed E-state index contributed by atoms with van der Waals surface area (Å²) in [5.74, 6) is -2.18. The van der Waals surface area contributed by atoms with Gasteiger partial charge in [-0.1, -0.05) is 12.8 Å². The van der Waals surface area contributed by atoms with E-state index in [1.54, 1.807) is 0 Å². The summed E-state index contributed by atoms with van der Waals surface area (Å²) in [5.41, 5.74) is -0.222. The molecule has 0 bridgehead atoms. The van der Waals surface area contributed by atoms with E-state index >= 15 is 0 Å². The lowest BCUT2D eigenvalue weighted by molar-refractivity contribution is -0.320. The number of halogens is 1. The highest BCUT2D eigenvalue weighted by Gasteiger charge is 2.25. The first kappa shape index (κ1) is 13.8. The monoisotopic (exact) mass is 270 g/mol. The standard InChI is InChI=1S/C13H15FO5/c14-9-5-6-10(12(15)16)11(7-9)18-19-13(17)8-3-1-2-4-8/h5-8,13,17H,1-4H2,(H,15,16)/t13-/m0/s1. The molecule has 1 saturated carbocycles. The second kappa shape index (κ2) is 5.99. The van der Waals surface area contributed by atoms with E-state index in [2.05, 4.69) is 0 Å². The lowest BCUT2D eigenvalue weighted by Crippen LogP contribution is -2.23. The van der Waals surface area contributed by atoms with Gasteiger partial charge in [0.05, 0.1) is 0 Å². The molecule has 0 aromatic heterocycles. The number of aromatic carboxylic acids is 1. The molecule has 0 saturated heterocycles. The Morgan fingerprint density at radius 2 is 2.05 bits per heavy atom. The van der Waals surface area contributed by atoms with Gasteiger partial charge in [0, 0.05) is 12.0 Å². The first-order chi connectivity index (χ1) is 9.08. The number of aliphatic hydroxyl groups excluding tert-OH is 1. The maximum absolute atomic E-state index is 13.0. The van der Waals surface area contributed by atoms with Crippen LogP contribution >= 0.6 is 0 Å². The Hall–Kier alpha value is -1.66. The zero-order valence-electron chi connectivity index (χ0n) is 10.2. The third-order valence-electron chi connectivity index (χ3n) is 3.21. The fourth-order valence-corrected chi connectivity index (χ4v) is 2.16. The van der Waals surface area contributed by atoms with Crippen molar-refractivity contribution in [1.82, 2.24) is 0 Å². The molecule has 0 unspecified atom stereocenters. The second-order valence-electron chi connectivity index (χ2n) is 4.56. The van der Waals surface area contributed by atoms with E-state index in [0.717, 1.165) is 43.9 Å². The average Bonchev–Trinajstić information content (AvgIpc) is 2.89. The first-order valence-corrected chi connectivity index (χ1v) is 6.12. The molecule has 1 aromatic rings. The number of carboxylic acids is 1. The fourth-order valence-electron chi connectivity index (χ4n) is 2.16. The SMILES string of the molecule is O=C(O)c1ccc(F)cc1OO[C@H](O)C1CCCC1. The van der Waals surface area contributed by atoms with Gasteiger partial charge in [0.25, 0.3) is 0 Å². The molecule has 0 amide bonds. The van der Waals surface area contributed by atoms with Gasteiger partial charge in [-0.25, -0.2) is 9.18 Å². The maximum atomic E-state index is 13.0. The lowest BCUT2D eigenvalue weighted by atomic mass is 10.1. The summed E-state index contributed by atoms with van der Waals surface area (Å²) in [7, 11) is 0. The molecule has 0 radical (unpaired) electrons. The van der Waals surface area contributed by atoms with E-state index in [1.165, 1.54) is 0 Å². The number of benzene rings is 1. The van der Waals surface area contributed by atoms with E-state index in [-0.39, 0.29) is 17.2 Å². The highest BCUT2D eigenvalue weighted by molar-refractivity contribution is 5.90. The predicted octanol–water partition coefficient (Wildman–Crippen LogP) is 2.34. The molecule has 0 aliphatic heterocycles. The van der Waals surface area contributed by atoms with Gasteiger partial charge in [-0.2, -0.15) is 4.89 Å². The molecule has 1 atom stereocenters. The van der Waals surface area contributed by atoms with Crippen molar-refractivity contribution in [3.05, 3.63) is 29.6 Å². The van der Waals surface area contributed by atoms with Crippen molar-refractivity contribution < 1.29 is 29.2 Å². The highest BCUT2D eigenvalue weighted by Crippen LogP contribution is 2.29. The maximum Gasteiger partial charge on any atom is 0.339 e. The number of carboxylic acid groups (broad SMARTS) is 1. The molecule has 5 nitrogen and oxygen atoms in total. The largest absolute Gasteiger partial charge is 0.478 e.